The van der Waals surface area contributed by atoms with Crippen LogP contribution in [0.15, 0.2) is 48.5 Å². The molecule has 1 atom stereocenters. The third-order valence-electron chi connectivity index (χ3n) is 4.52. The Balaban J connectivity index is 1.87. The molecular formula is C23H28F2N2O4. The number of rotatable bonds is 11. The average Bonchev–Trinajstić information content (AvgIpc) is 2.73. The fourth-order valence-electron chi connectivity index (χ4n) is 2.91. The van der Waals surface area contributed by atoms with Gasteiger partial charge in [0, 0.05) is 12.1 Å². The van der Waals surface area contributed by atoms with Crippen LogP contribution in [0.3, 0.4) is 0 Å². The molecule has 0 aliphatic heterocycles. The Morgan fingerprint density at radius 1 is 0.968 bits per heavy atom. The van der Waals surface area contributed by atoms with Gasteiger partial charge in [-0.05, 0) is 61.2 Å². The van der Waals surface area contributed by atoms with Crippen LogP contribution in [0.1, 0.15) is 36.7 Å². The second-order valence-electron chi connectivity index (χ2n) is 7.22. The quantitative estimate of drug-likeness (QED) is 0.564. The van der Waals surface area contributed by atoms with Crippen molar-refractivity contribution in [2.45, 2.75) is 39.8 Å². The van der Waals surface area contributed by atoms with Gasteiger partial charge in [-0.3, -0.25) is 9.59 Å². The highest BCUT2D eigenvalue weighted by Crippen LogP contribution is 2.15. The largest absolute Gasteiger partial charge is 0.494 e. The Morgan fingerprint density at radius 3 is 2.13 bits per heavy atom. The number of nitrogens with one attached hydrogen (secondary N) is 2. The summed E-state index contributed by atoms with van der Waals surface area (Å²) in [6.07, 6.45) is 0.512. The van der Waals surface area contributed by atoms with Gasteiger partial charge in [0.25, 0.3) is 5.91 Å². The van der Waals surface area contributed by atoms with Gasteiger partial charge in [-0.25, -0.2) is 0 Å². The number of carbonyl (C=O) groups excluding carboxylic acids is 2. The van der Waals surface area contributed by atoms with Gasteiger partial charge in [-0.15, -0.1) is 0 Å². The minimum Gasteiger partial charge on any atom is -0.494 e. The molecule has 0 aliphatic carbocycles. The number of hydrogen-bond acceptors (Lipinski definition) is 4. The molecule has 0 fully saturated rings. The Bertz CT molecular complexity index is 840. The molecule has 2 aromatic rings. The van der Waals surface area contributed by atoms with E-state index in [9.17, 15) is 18.4 Å². The molecule has 0 aromatic heterocycles. The fourth-order valence-corrected chi connectivity index (χ4v) is 2.91. The zero-order valence-corrected chi connectivity index (χ0v) is 17.9. The van der Waals surface area contributed by atoms with E-state index in [1.54, 1.807) is 36.4 Å². The van der Waals surface area contributed by atoms with E-state index in [2.05, 4.69) is 15.4 Å². The summed E-state index contributed by atoms with van der Waals surface area (Å²) < 4.78 is 34.1. The van der Waals surface area contributed by atoms with Gasteiger partial charge < -0.3 is 20.1 Å². The monoisotopic (exact) mass is 434 g/mol. The molecule has 0 spiro atoms. The third kappa shape index (κ3) is 7.88. The third-order valence-corrected chi connectivity index (χ3v) is 4.52. The smallest absolute Gasteiger partial charge is 0.387 e. The predicted octanol–water partition coefficient (Wildman–Crippen LogP) is 3.80. The van der Waals surface area contributed by atoms with Crippen LogP contribution in [0.4, 0.5) is 8.78 Å². The molecule has 8 heteroatoms. The van der Waals surface area contributed by atoms with Crippen molar-refractivity contribution < 1.29 is 27.8 Å². The summed E-state index contributed by atoms with van der Waals surface area (Å²) in [6.45, 7) is 3.60. The highest BCUT2D eigenvalue weighted by Gasteiger charge is 2.24. The summed E-state index contributed by atoms with van der Waals surface area (Å²) in [6, 6.07) is 12.3. The number of carbonyl (C=O) groups is 2. The maximum absolute atomic E-state index is 12.6. The Hall–Kier alpha value is -3.16. The lowest BCUT2D eigenvalue weighted by atomic mass is 10.0. The van der Waals surface area contributed by atoms with Gasteiger partial charge in [-0.2, -0.15) is 8.78 Å². The molecule has 0 unspecified atom stereocenters. The zero-order chi connectivity index (χ0) is 22.8. The molecule has 0 radical (unpaired) electrons. The zero-order valence-electron chi connectivity index (χ0n) is 17.9. The van der Waals surface area contributed by atoms with E-state index >= 15 is 0 Å². The van der Waals surface area contributed by atoms with Gasteiger partial charge in [0.2, 0.25) is 5.91 Å². The molecule has 0 bridgehead atoms. The molecular weight excluding hydrogens is 406 g/mol. The van der Waals surface area contributed by atoms with E-state index in [4.69, 9.17) is 4.74 Å². The first kappa shape index (κ1) is 24.1. The second kappa shape index (κ2) is 11.9. The van der Waals surface area contributed by atoms with Crippen molar-refractivity contribution in [1.82, 2.24) is 10.6 Å². The van der Waals surface area contributed by atoms with E-state index in [-0.39, 0.29) is 23.5 Å². The van der Waals surface area contributed by atoms with Crippen LogP contribution in [-0.2, 0) is 11.2 Å². The summed E-state index contributed by atoms with van der Waals surface area (Å²) in [5.74, 6) is 0.0153. The number of hydrogen-bond donors (Lipinski definition) is 2. The minimum atomic E-state index is -2.86. The number of benzene rings is 2. The van der Waals surface area contributed by atoms with Gasteiger partial charge in [0.1, 0.15) is 17.5 Å². The molecule has 6 nitrogen and oxygen atoms in total. The summed E-state index contributed by atoms with van der Waals surface area (Å²) in [5.41, 5.74) is 1.30. The normalized spacial score (nSPS) is 11.8. The van der Waals surface area contributed by atoms with Gasteiger partial charge in [0.05, 0.1) is 6.61 Å². The Morgan fingerprint density at radius 2 is 1.58 bits per heavy atom. The molecule has 2 rings (SSSR count). The summed E-state index contributed by atoms with van der Waals surface area (Å²) >= 11 is 0. The van der Waals surface area contributed by atoms with Crippen molar-refractivity contribution >= 4 is 11.8 Å². The van der Waals surface area contributed by atoms with Crippen LogP contribution in [0.2, 0.25) is 0 Å². The van der Waals surface area contributed by atoms with E-state index in [0.29, 0.717) is 30.9 Å². The van der Waals surface area contributed by atoms with Crippen LogP contribution in [-0.4, -0.2) is 37.6 Å². The number of ether oxygens (including phenoxy) is 2. The SMILES string of the molecule is CCOc1ccc(C(=O)N[C@@H](C(=O)NCCc2ccc(OC(F)F)cc2)C(C)C)cc1. The number of halogens is 2. The van der Waals surface area contributed by atoms with Gasteiger partial charge >= 0.3 is 6.61 Å². The van der Waals surface area contributed by atoms with E-state index < -0.39 is 12.7 Å². The molecule has 0 saturated heterocycles. The second-order valence-corrected chi connectivity index (χ2v) is 7.22. The Kier molecular flexibility index (Phi) is 9.24. The molecule has 168 valence electrons. The van der Waals surface area contributed by atoms with Gasteiger partial charge in [0.15, 0.2) is 0 Å². The molecule has 0 aliphatic rings. The number of amides is 2. The summed E-state index contributed by atoms with van der Waals surface area (Å²) in [7, 11) is 0. The van der Waals surface area contributed by atoms with Crippen molar-refractivity contribution in [3.05, 3.63) is 59.7 Å². The molecule has 31 heavy (non-hydrogen) atoms. The first-order valence-electron chi connectivity index (χ1n) is 10.1. The topological polar surface area (TPSA) is 76.7 Å². The highest BCUT2D eigenvalue weighted by atomic mass is 19.3. The lowest BCUT2D eigenvalue weighted by molar-refractivity contribution is -0.123. The van der Waals surface area contributed by atoms with Gasteiger partial charge in [-0.1, -0.05) is 26.0 Å². The molecule has 0 heterocycles. The molecule has 2 amide bonds. The lowest BCUT2D eigenvalue weighted by Gasteiger charge is -2.22. The summed E-state index contributed by atoms with van der Waals surface area (Å²) in [4.78, 5) is 25.1. The minimum absolute atomic E-state index is 0.0830. The Labute approximate surface area is 180 Å². The maximum atomic E-state index is 12.6. The van der Waals surface area contributed by atoms with Crippen LogP contribution in [0, 0.1) is 5.92 Å². The van der Waals surface area contributed by atoms with Crippen molar-refractivity contribution in [2.24, 2.45) is 5.92 Å². The van der Waals surface area contributed by atoms with Crippen molar-refractivity contribution in [1.29, 1.82) is 0 Å². The predicted molar refractivity (Wildman–Crippen MR) is 113 cm³/mol. The first-order valence-corrected chi connectivity index (χ1v) is 10.1. The summed E-state index contributed by atoms with van der Waals surface area (Å²) in [5, 5.41) is 5.60. The fraction of sp³-hybridized carbons (Fsp3) is 0.391. The molecule has 2 aromatic carbocycles. The van der Waals surface area contributed by atoms with Crippen LogP contribution >= 0.6 is 0 Å². The van der Waals surface area contributed by atoms with Crippen LogP contribution in [0.25, 0.3) is 0 Å². The first-order chi connectivity index (χ1) is 14.8. The molecule has 0 saturated carbocycles. The van der Waals surface area contributed by atoms with Crippen molar-refractivity contribution in [3.8, 4) is 11.5 Å². The average molecular weight is 434 g/mol. The van der Waals surface area contributed by atoms with E-state index in [1.807, 2.05) is 20.8 Å². The van der Waals surface area contributed by atoms with Crippen LogP contribution in [0.5, 0.6) is 11.5 Å². The standard InChI is InChI=1S/C23H28F2N2O4/c1-4-30-18-11-7-17(8-12-18)21(28)27-20(15(2)3)22(29)26-14-13-16-5-9-19(10-6-16)31-23(24)25/h5-12,15,20,23H,4,13-14H2,1-3H3,(H,26,29)(H,27,28)/t20-/m1/s1. The number of alkyl halides is 2. The van der Waals surface area contributed by atoms with Crippen molar-refractivity contribution in [3.63, 3.8) is 0 Å². The highest BCUT2D eigenvalue weighted by molar-refractivity contribution is 5.97. The molecule has 2 N–H and O–H groups in total. The lowest BCUT2D eigenvalue weighted by Crippen LogP contribution is -2.50. The van der Waals surface area contributed by atoms with E-state index in [1.165, 1.54) is 12.1 Å². The maximum Gasteiger partial charge on any atom is 0.387 e. The van der Waals surface area contributed by atoms with E-state index in [0.717, 1.165) is 5.56 Å². The van der Waals surface area contributed by atoms with Crippen LogP contribution < -0.4 is 20.1 Å². The van der Waals surface area contributed by atoms with Crippen molar-refractivity contribution in [2.75, 3.05) is 13.2 Å².